The van der Waals surface area contributed by atoms with E-state index in [4.69, 9.17) is 0 Å². The van der Waals surface area contributed by atoms with Gasteiger partial charge in [-0.3, -0.25) is 4.90 Å². The van der Waals surface area contributed by atoms with Crippen LogP contribution in [0.4, 0.5) is 0 Å². The lowest BCUT2D eigenvalue weighted by molar-refractivity contribution is 0.0522. The van der Waals surface area contributed by atoms with Crippen LogP contribution >= 0.6 is 0 Å². The highest BCUT2D eigenvalue weighted by molar-refractivity contribution is 5.28. The van der Waals surface area contributed by atoms with Gasteiger partial charge >= 0.3 is 0 Å². The molecule has 1 aromatic carbocycles. The summed E-state index contributed by atoms with van der Waals surface area (Å²) in [7, 11) is 0. The molecular formula is C16H25NO. The van der Waals surface area contributed by atoms with Gasteiger partial charge in [0, 0.05) is 18.1 Å². The molecule has 0 aromatic heterocycles. The van der Waals surface area contributed by atoms with E-state index in [-0.39, 0.29) is 0 Å². The fourth-order valence-corrected chi connectivity index (χ4v) is 3.37. The standard InChI is InChI=1S/C16H25NO/c1-4-16(14-8-10-15(18)11-9-14)17-12(2)6-5-7-13(17)3/h8-13,16,18H,4-7H2,1-3H3. The predicted octanol–water partition coefficient (Wildman–Crippen LogP) is 4.11. The van der Waals surface area contributed by atoms with Crippen LogP contribution in [0.3, 0.4) is 0 Å². The zero-order valence-corrected chi connectivity index (χ0v) is 11.8. The molecule has 3 atom stereocenters. The SMILES string of the molecule is CCC(c1ccc(O)cc1)N1C(C)CCCC1C. The van der Waals surface area contributed by atoms with Crippen LogP contribution in [-0.2, 0) is 0 Å². The van der Waals surface area contributed by atoms with Gasteiger partial charge in [0.05, 0.1) is 0 Å². The van der Waals surface area contributed by atoms with Gasteiger partial charge < -0.3 is 5.11 Å². The maximum absolute atomic E-state index is 9.41. The van der Waals surface area contributed by atoms with Crippen LogP contribution in [0.25, 0.3) is 0 Å². The van der Waals surface area contributed by atoms with Gasteiger partial charge in [0.1, 0.15) is 5.75 Å². The average molecular weight is 247 g/mol. The normalized spacial score (nSPS) is 27.1. The molecule has 3 unspecified atom stereocenters. The first-order valence-corrected chi connectivity index (χ1v) is 7.19. The maximum atomic E-state index is 9.41. The van der Waals surface area contributed by atoms with Crippen LogP contribution < -0.4 is 0 Å². The highest BCUT2D eigenvalue weighted by Crippen LogP contribution is 2.34. The zero-order valence-electron chi connectivity index (χ0n) is 11.8. The number of phenolic OH excluding ortho intramolecular Hbond substituents is 1. The van der Waals surface area contributed by atoms with Crippen molar-refractivity contribution in [1.82, 2.24) is 4.90 Å². The molecule has 1 aliphatic heterocycles. The zero-order chi connectivity index (χ0) is 13.1. The van der Waals surface area contributed by atoms with Crippen molar-refractivity contribution in [3.8, 4) is 5.75 Å². The van der Waals surface area contributed by atoms with Crippen LogP contribution in [0, 0.1) is 0 Å². The van der Waals surface area contributed by atoms with E-state index in [2.05, 4.69) is 37.8 Å². The molecule has 0 aliphatic carbocycles. The van der Waals surface area contributed by atoms with Gasteiger partial charge in [-0.1, -0.05) is 25.5 Å². The van der Waals surface area contributed by atoms with Crippen molar-refractivity contribution in [3.05, 3.63) is 29.8 Å². The molecule has 0 bridgehead atoms. The van der Waals surface area contributed by atoms with E-state index in [9.17, 15) is 5.11 Å². The van der Waals surface area contributed by atoms with Crippen molar-refractivity contribution in [2.75, 3.05) is 0 Å². The number of hydrogen-bond donors (Lipinski definition) is 1. The Morgan fingerprint density at radius 2 is 1.72 bits per heavy atom. The van der Waals surface area contributed by atoms with Gasteiger partial charge in [0.2, 0.25) is 0 Å². The first kappa shape index (κ1) is 13.4. The van der Waals surface area contributed by atoms with Crippen molar-refractivity contribution in [2.24, 2.45) is 0 Å². The molecule has 18 heavy (non-hydrogen) atoms. The molecule has 2 rings (SSSR count). The monoisotopic (exact) mass is 247 g/mol. The quantitative estimate of drug-likeness (QED) is 0.869. The molecule has 0 radical (unpaired) electrons. The lowest BCUT2D eigenvalue weighted by atomic mass is 9.91. The second kappa shape index (κ2) is 5.75. The van der Waals surface area contributed by atoms with Crippen molar-refractivity contribution in [2.45, 2.75) is 64.6 Å². The van der Waals surface area contributed by atoms with Gasteiger partial charge in [-0.2, -0.15) is 0 Å². The van der Waals surface area contributed by atoms with E-state index in [1.165, 1.54) is 24.8 Å². The van der Waals surface area contributed by atoms with Gasteiger partial charge in [-0.15, -0.1) is 0 Å². The molecule has 2 nitrogen and oxygen atoms in total. The first-order chi connectivity index (χ1) is 8.63. The van der Waals surface area contributed by atoms with Crippen LogP contribution in [0.2, 0.25) is 0 Å². The van der Waals surface area contributed by atoms with Crippen LogP contribution in [0.5, 0.6) is 5.75 Å². The Bertz CT molecular complexity index is 363. The molecule has 0 saturated carbocycles. The van der Waals surface area contributed by atoms with Gasteiger partial charge in [0.25, 0.3) is 0 Å². The Labute approximate surface area is 111 Å². The first-order valence-electron chi connectivity index (χ1n) is 7.19. The van der Waals surface area contributed by atoms with E-state index in [1.54, 1.807) is 12.1 Å². The van der Waals surface area contributed by atoms with E-state index in [0.717, 1.165) is 6.42 Å². The van der Waals surface area contributed by atoms with Crippen LogP contribution in [-0.4, -0.2) is 22.1 Å². The number of rotatable bonds is 3. The highest BCUT2D eigenvalue weighted by Gasteiger charge is 2.30. The lowest BCUT2D eigenvalue weighted by Gasteiger charge is -2.44. The summed E-state index contributed by atoms with van der Waals surface area (Å²) in [4.78, 5) is 2.66. The summed E-state index contributed by atoms with van der Waals surface area (Å²) in [5, 5.41) is 9.41. The van der Waals surface area contributed by atoms with Crippen LogP contribution in [0.1, 0.15) is 58.1 Å². The van der Waals surface area contributed by atoms with E-state index >= 15 is 0 Å². The second-order valence-electron chi connectivity index (χ2n) is 5.59. The molecule has 1 heterocycles. The number of likely N-dealkylation sites (tertiary alicyclic amines) is 1. The molecule has 0 spiro atoms. The molecule has 2 heteroatoms. The summed E-state index contributed by atoms with van der Waals surface area (Å²) < 4.78 is 0. The third-order valence-electron chi connectivity index (χ3n) is 4.29. The topological polar surface area (TPSA) is 23.5 Å². The summed E-state index contributed by atoms with van der Waals surface area (Å²) in [6, 6.07) is 9.54. The van der Waals surface area contributed by atoms with Crippen molar-refractivity contribution in [3.63, 3.8) is 0 Å². The molecule has 1 fully saturated rings. The second-order valence-corrected chi connectivity index (χ2v) is 5.59. The number of phenols is 1. The molecule has 1 aromatic rings. The minimum atomic E-state index is 0.355. The molecule has 100 valence electrons. The molecular weight excluding hydrogens is 222 g/mol. The Morgan fingerprint density at radius 3 is 2.22 bits per heavy atom. The lowest BCUT2D eigenvalue weighted by Crippen LogP contribution is -2.45. The minimum Gasteiger partial charge on any atom is -0.508 e. The van der Waals surface area contributed by atoms with Crippen LogP contribution in [0.15, 0.2) is 24.3 Å². The number of piperidine rings is 1. The summed E-state index contributed by atoms with van der Waals surface area (Å²) in [6.07, 6.45) is 5.09. The predicted molar refractivity (Wildman–Crippen MR) is 75.8 cm³/mol. The molecule has 1 saturated heterocycles. The van der Waals surface area contributed by atoms with E-state index in [1.807, 2.05) is 0 Å². The smallest absolute Gasteiger partial charge is 0.115 e. The minimum absolute atomic E-state index is 0.355. The molecule has 1 aliphatic rings. The van der Waals surface area contributed by atoms with E-state index in [0.29, 0.717) is 23.9 Å². The Hall–Kier alpha value is -1.02. The summed E-state index contributed by atoms with van der Waals surface area (Å²) in [6.45, 7) is 6.95. The number of aromatic hydroxyl groups is 1. The maximum Gasteiger partial charge on any atom is 0.115 e. The third kappa shape index (κ3) is 2.69. The largest absolute Gasteiger partial charge is 0.508 e. The fraction of sp³-hybridized carbons (Fsp3) is 0.625. The fourth-order valence-electron chi connectivity index (χ4n) is 3.37. The van der Waals surface area contributed by atoms with Gasteiger partial charge in [-0.05, 0) is 50.8 Å². The number of hydrogen-bond acceptors (Lipinski definition) is 2. The van der Waals surface area contributed by atoms with E-state index < -0.39 is 0 Å². The van der Waals surface area contributed by atoms with Crippen molar-refractivity contribution in [1.29, 1.82) is 0 Å². The highest BCUT2D eigenvalue weighted by atomic mass is 16.3. The molecule has 0 amide bonds. The van der Waals surface area contributed by atoms with Crippen molar-refractivity contribution < 1.29 is 5.11 Å². The third-order valence-corrected chi connectivity index (χ3v) is 4.29. The summed E-state index contributed by atoms with van der Waals surface area (Å²) >= 11 is 0. The number of benzene rings is 1. The Balaban J connectivity index is 2.23. The Morgan fingerprint density at radius 1 is 1.17 bits per heavy atom. The summed E-state index contributed by atoms with van der Waals surface area (Å²) in [5.41, 5.74) is 1.33. The van der Waals surface area contributed by atoms with Gasteiger partial charge in [0.15, 0.2) is 0 Å². The summed E-state index contributed by atoms with van der Waals surface area (Å²) in [5.74, 6) is 0.355. The van der Waals surface area contributed by atoms with Gasteiger partial charge in [-0.25, -0.2) is 0 Å². The average Bonchev–Trinajstić information content (AvgIpc) is 2.35. The van der Waals surface area contributed by atoms with Crippen molar-refractivity contribution >= 4 is 0 Å². The Kier molecular flexibility index (Phi) is 4.28. The molecule has 1 N–H and O–H groups in total. The number of nitrogens with zero attached hydrogens (tertiary/aromatic N) is 1.